The molecule has 0 aromatic carbocycles. The van der Waals surface area contributed by atoms with E-state index < -0.39 is 14.8 Å². The molecule has 1 aliphatic heterocycles. The minimum atomic E-state index is -3.88. The summed E-state index contributed by atoms with van der Waals surface area (Å²) in [4.78, 5) is 11.2. The Morgan fingerprint density at radius 3 is 2.43 bits per heavy atom. The second-order valence-corrected chi connectivity index (χ2v) is 6.37. The molecular formula is C8H12ClNO3S. The van der Waals surface area contributed by atoms with Crippen LogP contribution in [0.2, 0.25) is 0 Å². The number of β-lactam (4-membered cyclic amide) rings is 1. The highest BCUT2D eigenvalue weighted by molar-refractivity contribution is 8.12. The topological polar surface area (TPSA) is 54.5 Å². The Kier molecular flexibility index (Phi) is 2.09. The Morgan fingerprint density at radius 1 is 1.57 bits per heavy atom. The van der Waals surface area contributed by atoms with Crippen molar-refractivity contribution in [1.29, 1.82) is 0 Å². The van der Waals surface area contributed by atoms with Crippen molar-refractivity contribution >= 4 is 25.8 Å². The van der Waals surface area contributed by atoms with Crippen LogP contribution in [0.5, 0.6) is 0 Å². The van der Waals surface area contributed by atoms with Gasteiger partial charge in [-0.2, -0.15) is 8.42 Å². The van der Waals surface area contributed by atoms with Crippen LogP contribution in [0.1, 0.15) is 32.6 Å². The third-order valence-corrected chi connectivity index (χ3v) is 4.67. The third-order valence-electron chi connectivity index (χ3n) is 3.26. The molecule has 1 unspecified atom stereocenters. The molecule has 0 radical (unpaired) electrons. The maximum absolute atomic E-state index is 11.2. The quantitative estimate of drug-likeness (QED) is 0.549. The minimum absolute atomic E-state index is 0.332. The molecule has 4 nitrogen and oxygen atoms in total. The molecule has 1 saturated carbocycles. The number of halogens is 1. The van der Waals surface area contributed by atoms with Crippen LogP contribution in [0.25, 0.3) is 0 Å². The monoisotopic (exact) mass is 237 g/mol. The zero-order chi connectivity index (χ0) is 10.6. The number of hydrogen-bond acceptors (Lipinski definition) is 3. The molecule has 0 bridgehead atoms. The Balaban J connectivity index is 2.33. The zero-order valence-corrected chi connectivity index (χ0v) is 9.44. The Labute approximate surface area is 87.8 Å². The van der Waals surface area contributed by atoms with E-state index in [0.29, 0.717) is 18.8 Å². The van der Waals surface area contributed by atoms with Gasteiger partial charge in [-0.15, -0.1) is 0 Å². The van der Waals surface area contributed by atoms with Crippen LogP contribution in [0.15, 0.2) is 0 Å². The van der Waals surface area contributed by atoms with Gasteiger partial charge in [-0.3, -0.25) is 4.79 Å². The van der Waals surface area contributed by atoms with Crippen molar-refractivity contribution in [3.05, 3.63) is 0 Å². The smallest absolute Gasteiger partial charge is 0.274 e. The first-order valence-corrected chi connectivity index (χ1v) is 6.96. The highest BCUT2D eigenvalue weighted by atomic mass is 35.7. The number of nitrogens with zero attached hydrogens (tertiary/aromatic N) is 1. The summed E-state index contributed by atoms with van der Waals surface area (Å²) in [6.07, 6.45) is 3.00. The largest absolute Gasteiger partial charge is 0.324 e. The van der Waals surface area contributed by atoms with Gasteiger partial charge in [0.1, 0.15) is 0 Å². The number of carbonyl (C=O) groups excluding carboxylic acids is 1. The van der Waals surface area contributed by atoms with Crippen molar-refractivity contribution < 1.29 is 13.2 Å². The summed E-state index contributed by atoms with van der Waals surface area (Å²) >= 11 is 0. The van der Waals surface area contributed by atoms with Gasteiger partial charge in [0.05, 0.1) is 12.0 Å². The van der Waals surface area contributed by atoms with Gasteiger partial charge >= 0.3 is 9.24 Å². The van der Waals surface area contributed by atoms with E-state index in [4.69, 9.17) is 10.7 Å². The van der Waals surface area contributed by atoms with Crippen molar-refractivity contribution in [2.75, 3.05) is 0 Å². The van der Waals surface area contributed by atoms with Gasteiger partial charge in [-0.05, 0) is 25.2 Å². The molecule has 2 aliphatic rings. The molecule has 1 saturated heterocycles. The van der Waals surface area contributed by atoms with Gasteiger partial charge in [0.25, 0.3) is 0 Å². The molecule has 1 amide bonds. The van der Waals surface area contributed by atoms with Crippen LogP contribution in [0.3, 0.4) is 0 Å². The summed E-state index contributed by atoms with van der Waals surface area (Å²) in [5.74, 6) is -0.0347. The van der Waals surface area contributed by atoms with Crippen molar-refractivity contribution in [3.8, 4) is 0 Å². The van der Waals surface area contributed by atoms with Gasteiger partial charge in [0, 0.05) is 10.7 Å². The van der Waals surface area contributed by atoms with Crippen molar-refractivity contribution in [2.45, 2.75) is 38.1 Å². The van der Waals surface area contributed by atoms with Gasteiger partial charge in [0.2, 0.25) is 5.91 Å². The molecular weight excluding hydrogens is 226 g/mol. The van der Waals surface area contributed by atoms with E-state index in [-0.39, 0.29) is 5.91 Å². The lowest BCUT2D eigenvalue weighted by atomic mass is 9.80. The predicted molar refractivity (Wildman–Crippen MR) is 52.0 cm³/mol. The van der Waals surface area contributed by atoms with Crippen molar-refractivity contribution in [1.82, 2.24) is 4.31 Å². The standard InChI is InChI=1S/C8H12ClNO3S/c1-2-8(6-3-4-6)5-7(11)10(8)14(9,12)13/h6H,2-5H2,1H3. The molecule has 80 valence electrons. The summed E-state index contributed by atoms with van der Waals surface area (Å²) in [6, 6.07) is 0. The third kappa shape index (κ3) is 1.26. The number of carbonyl (C=O) groups is 1. The molecule has 0 N–H and O–H groups in total. The van der Waals surface area contributed by atoms with Crippen LogP contribution < -0.4 is 0 Å². The summed E-state index contributed by atoms with van der Waals surface area (Å²) in [6.45, 7) is 1.90. The molecule has 2 fully saturated rings. The highest BCUT2D eigenvalue weighted by Crippen LogP contribution is 2.53. The van der Waals surface area contributed by atoms with E-state index in [1.54, 1.807) is 0 Å². The van der Waals surface area contributed by atoms with Gasteiger partial charge in [-0.25, -0.2) is 4.31 Å². The van der Waals surface area contributed by atoms with E-state index in [1.807, 2.05) is 6.92 Å². The Bertz CT molecular complexity index is 376. The Hall–Kier alpha value is -0.290. The normalized spacial score (nSPS) is 33.0. The van der Waals surface area contributed by atoms with Crippen LogP contribution in [0.4, 0.5) is 0 Å². The maximum Gasteiger partial charge on any atom is 0.324 e. The fourth-order valence-electron chi connectivity index (χ4n) is 2.39. The van der Waals surface area contributed by atoms with E-state index in [2.05, 4.69) is 0 Å². The number of hydrogen-bond donors (Lipinski definition) is 0. The molecule has 0 spiro atoms. The van der Waals surface area contributed by atoms with E-state index in [1.165, 1.54) is 0 Å². The second kappa shape index (κ2) is 2.85. The summed E-state index contributed by atoms with van der Waals surface area (Å²) in [5.41, 5.74) is -0.488. The lowest BCUT2D eigenvalue weighted by Crippen LogP contribution is -2.65. The Morgan fingerprint density at radius 2 is 2.14 bits per heavy atom. The van der Waals surface area contributed by atoms with Crippen molar-refractivity contribution in [3.63, 3.8) is 0 Å². The molecule has 1 aliphatic carbocycles. The highest BCUT2D eigenvalue weighted by Gasteiger charge is 2.61. The summed E-state index contributed by atoms with van der Waals surface area (Å²) in [7, 11) is 1.36. The summed E-state index contributed by atoms with van der Waals surface area (Å²) < 4.78 is 23.3. The maximum atomic E-state index is 11.2. The molecule has 0 aromatic heterocycles. The first-order chi connectivity index (χ1) is 6.42. The van der Waals surface area contributed by atoms with Crippen LogP contribution >= 0.6 is 10.7 Å². The average molecular weight is 238 g/mol. The molecule has 1 atom stereocenters. The number of rotatable bonds is 3. The van der Waals surface area contributed by atoms with Gasteiger partial charge in [-0.1, -0.05) is 6.92 Å². The van der Waals surface area contributed by atoms with Crippen LogP contribution in [-0.2, 0) is 14.0 Å². The summed E-state index contributed by atoms with van der Waals surface area (Å²) in [5, 5.41) is 0. The lowest BCUT2D eigenvalue weighted by molar-refractivity contribution is -0.147. The average Bonchev–Trinajstić information content (AvgIpc) is 2.77. The lowest BCUT2D eigenvalue weighted by Gasteiger charge is -2.49. The van der Waals surface area contributed by atoms with Gasteiger partial charge in [0.15, 0.2) is 0 Å². The fraction of sp³-hybridized carbons (Fsp3) is 0.875. The zero-order valence-electron chi connectivity index (χ0n) is 7.86. The fourth-order valence-corrected chi connectivity index (χ4v) is 4.12. The molecule has 14 heavy (non-hydrogen) atoms. The molecule has 0 aromatic rings. The minimum Gasteiger partial charge on any atom is -0.274 e. The number of amides is 1. The van der Waals surface area contributed by atoms with E-state index >= 15 is 0 Å². The van der Waals surface area contributed by atoms with Gasteiger partial charge < -0.3 is 0 Å². The first-order valence-electron chi connectivity index (χ1n) is 4.69. The molecule has 6 heteroatoms. The van der Waals surface area contributed by atoms with Crippen LogP contribution in [-0.4, -0.2) is 24.2 Å². The molecule has 2 rings (SSSR count). The van der Waals surface area contributed by atoms with E-state index in [0.717, 1.165) is 17.1 Å². The predicted octanol–water partition coefficient (Wildman–Crippen LogP) is 1.26. The molecule has 1 heterocycles. The first kappa shape index (κ1) is 10.2. The van der Waals surface area contributed by atoms with Crippen molar-refractivity contribution in [2.24, 2.45) is 5.92 Å². The second-order valence-electron chi connectivity index (χ2n) is 4.01. The van der Waals surface area contributed by atoms with E-state index in [9.17, 15) is 13.2 Å². The van der Waals surface area contributed by atoms with Crippen LogP contribution in [0, 0.1) is 5.92 Å². The SMILES string of the molecule is CCC1(C2CC2)CC(=O)N1S(=O)(=O)Cl.